The molecule has 0 aliphatic heterocycles. The van der Waals surface area contributed by atoms with E-state index in [1.807, 2.05) is 0 Å². The van der Waals surface area contributed by atoms with Crippen LogP contribution in [-0.2, 0) is 16.0 Å². The third-order valence-electron chi connectivity index (χ3n) is 1.99. The van der Waals surface area contributed by atoms with Crippen LogP contribution in [0, 0.1) is 0 Å². The number of carbonyl (C=O) groups is 2. The first-order valence-corrected chi connectivity index (χ1v) is 4.41. The molecule has 0 amide bonds. The predicted molar refractivity (Wildman–Crippen MR) is 53.7 cm³/mol. The molecule has 0 atom stereocenters. The van der Waals surface area contributed by atoms with Crippen molar-refractivity contribution in [2.45, 2.75) is 6.42 Å². The minimum atomic E-state index is -1.49. The predicted octanol–water partition coefficient (Wildman–Crippen LogP) is 0.295. The monoisotopic (exact) mass is 225 g/mol. The van der Waals surface area contributed by atoms with Gasteiger partial charge in [-0.15, -0.1) is 0 Å². The first-order chi connectivity index (χ1) is 7.60. The summed E-state index contributed by atoms with van der Waals surface area (Å²) in [5, 5.41) is 8.52. The number of pyridine rings is 1. The minimum Gasteiger partial charge on any atom is -0.495 e. The molecule has 1 aromatic heterocycles. The zero-order chi connectivity index (χ0) is 12.1. The number of carboxylic acids is 1. The number of carboxylic acid groups (broad SMARTS) is 1. The van der Waals surface area contributed by atoms with E-state index in [0.29, 0.717) is 17.1 Å². The Balaban J connectivity index is 3.09. The minimum absolute atomic E-state index is 0.288. The van der Waals surface area contributed by atoms with Gasteiger partial charge >= 0.3 is 5.97 Å². The average Bonchev–Trinajstić information content (AvgIpc) is 2.29. The summed E-state index contributed by atoms with van der Waals surface area (Å²) in [5.74, 6) is -1.76. The quantitative estimate of drug-likeness (QED) is 0.725. The summed E-state index contributed by atoms with van der Waals surface area (Å²) in [6, 6.07) is 0. The number of aromatic nitrogens is 1. The molecule has 0 radical (unpaired) electrons. The lowest BCUT2D eigenvalue weighted by Crippen LogP contribution is -2.16. The number of aliphatic carboxylic acids is 1. The molecule has 86 valence electrons. The highest BCUT2D eigenvalue weighted by Gasteiger charge is 2.19. The Bertz CT molecular complexity index is 393. The lowest BCUT2D eigenvalue weighted by atomic mass is 10.1. The first-order valence-electron chi connectivity index (χ1n) is 4.41. The highest BCUT2D eigenvalue weighted by molar-refractivity contribution is 6.33. The number of nitrogens with zero attached hydrogens (tertiary/aromatic N) is 1. The maximum absolute atomic E-state index is 11.1. The van der Waals surface area contributed by atoms with Crippen molar-refractivity contribution >= 4 is 11.8 Å². The standard InChI is InChI=1S/C10H11NO5/c1-15-8-4-11-5-9(16-2)6(8)3-7(12)10(13)14/h4-5H,3H2,1-2H3,(H,13,14). The summed E-state index contributed by atoms with van der Waals surface area (Å²) in [4.78, 5) is 25.4. The third kappa shape index (κ3) is 2.47. The number of ether oxygens (including phenoxy) is 2. The lowest BCUT2D eigenvalue weighted by molar-refractivity contribution is -0.148. The number of hydrogen-bond acceptors (Lipinski definition) is 5. The summed E-state index contributed by atoms with van der Waals surface area (Å²) in [7, 11) is 2.82. The van der Waals surface area contributed by atoms with Gasteiger partial charge in [0.15, 0.2) is 0 Å². The Morgan fingerprint density at radius 2 is 1.75 bits per heavy atom. The van der Waals surface area contributed by atoms with Gasteiger partial charge in [-0.05, 0) is 0 Å². The van der Waals surface area contributed by atoms with E-state index in [-0.39, 0.29) is 6.42 Å². The van der Waals surface area contributed by atoms with Crippen LogP contribution in [0.4, 0.5) is 0 Å². The molecule has 1 aromatic rings. The van der Waals surface area contributed by atoms with Crippen LogP contribution >= 0.6 is 0 Å². The number of hydrogen-bond donors (Lipinski definition) is 1. The van der Waals surface area contributed by atoms with E-state index in [0.717, 1.165) is 0 Å². The van der Waals surface area contributed by atoms with Crippen LogP contribution in [0.1, 0.15) is 5.56 Å². The molecule has 1 N–H and O–H groups in total. The summed E-state index contributed by atoms with van der Waals surface area (Å²) >= 11 is 0. The van der Waals surface area contributed by atoms with Crippen LogP contribution < -0.4 is 9.47 Å². The zero-order valence-electron chi connectivity index (χ0n) is 8.89. The SMILES string of the molecule is COc1cncc(OC)c1CC(=O)C(=O)O. The first kappa shape index (κ1) is 12.0. The molecular weight excluding hydrogens is 214 g/mol. The van der Waals surface area contributed by atoms with Crippen molar-refractivity contribution in [3.8, 4) is 11.5 Å². The maximum atomic E-state index is 11.1. The van der Waals surface area contributed by atoms with Crippen molar-refractivity contribution in [3.05, 3.63) is 18.0 Å². The molecule has 6 nitrogen and oxygen atoms in total. The Labute approximate surface area is 91.8 Å². The Hall–Kier alpha value is -2.11. The second-order valence-electron chi connectivity index (χ2n) is 2.93. The summed E-state index contributed by atoms with van der Waals surface area (Å²) in [6.45, 7) is 0. The van der Waals surface area contributed by atoms with Gasteiger partial charge in [0, 0.05) is 5.56 Å². The fraction of sp³-hybridized carbons (Fsp3) is 0.300. The smallest absolute Gasteiger partial charge is 0.372 e. The fourth-order valence-corrected chi connectivity index (χ4v) is 1.21. The van der Waals surface area contributed by atoms with Crippen LogP contribution in [-0.4, -0.2) is 36.1 Å². The van der Waals surface area contributed by atoms with Crippen LogP contribution in [0.3, 0.4) is 0 Å². The second kappa shape index (κ2) is 5.11. The lowest BCUT2D eigenvalue weighted by Gasteiger charge is -2.10. The van der Waals surface area contributed by atoms with Crippen molar-refractivity contribution in [3.63, 3.8) is 0 Å². The van der Waals surface area contributed by atoms with Crippen LogP contribution in [0.15, 0.2) is 12.4 Å². The molecule has 6 heteroatoms. The average molecular weight is 225 g/mol. The number of carbonyl (C=O) groups excluding carboxylic acids is 1. The number of methoxy groups -OCH3 is 2. The Kier molecular flexibility index (Phi) is 3.82. The van der Waals surface area contributed by atoms with E-state index in [1.54, 1.807) is 0 Å². The van der Waals surface area contributed by atoms with Crippen LogP contribution in [0.2, 0.25) is 0 Å². The number of rotatable bonds is 5. The van der Waals surface area contributed by atoms with E-state index < -0.39 is 11.8 Å². The van der Waals surface area contributed by atoms with Gasteiger partial charge in [0.2, 0.25) is 5.78 Å². The maximum Gasteiger partial charge on any atom is 0.372 e. The number of ketones is 1. The molecule has 0 spiro atoms. The van der Waals surface area contributed by atoms with Crippen molar-refractivity contribution in [1.29, 1.82) is 0 Å². The van der Waals surface area contributed by atoms with Gasteiger partial charge in [0.25, 0.3) is 0 Å². The van der Waals surface area contributed by atoms with Gasteiger partial charge < -0.3 is 14.6 Å². The van der Waals surface area contributed by atoms with Gasteiger partial charge in [-0.1, -0.05) is 0 Å². The molecule has 1 heterocycles. The Morgan fingerprint density at radius 3 is 2.12 bits per heavy atom. The van der Waals surface area contributed by atoms with Crippen molar-refractivity contribution in [2.24, 2.45) is 0 Å². The van der Waals surface area contributed by atoms with Crippen molar-refractivity contribution < 1.29 is 24.2 Å². The summed E-state index contributed by atoms with van der Waals surface area (Å²) < 4.78 is 9.96. The van der Waals surface area contributed by atoms with E-state index >= 15 is 0 Å². The largest absolute Gasteiger partial charge is 0.495 e. The van der Waals surface area contributed by atoms with Gasteiger partial charge in [-0.25, -0.2) is 4.79 Å². The van der Waals surface area contributed by atoms with Gasteiger partial charge in [-0.2, -0.15) is 0 Å². The highest BCUT2D eigenvalue weighted by atomic mass is 16.5. The summed E-state index contributed by atoms with van der Waals surface area (Å²) in [5.41, 5.74) is 0.382. The molecule has 0 saturated carbocycles. The van der Waals surface area contributed by atoms with Gasteiger partial charge in [-0.3, -0.25) is 9.78 Å². The zero-order valence-corrected chi connectivity index (χ0v) is 8.89. The molecule has 0 aromatic carbocycles. The van der Waals surface area contributed by atoms with E-state index in [2.05, 4.69) is 4.98 Å². The molecule has 0 saturated heterocycles. The van der Waals surface area contributed by atoms with Crippen molar-refractivity contribution in [2.75, 3.05) is 14.2 Å². The van der Waals surface area contributed by atoms with Crippen molar-refractivity contribution in [1.82, 2.24) is 4.98 Å². The van der Waals surface area contributed by atoms with Crippen LogP contribution in [0.5, 0.6) is 11.5 Å². The van der Waals surface area contributed by atoms with E-state index in [1.165, 1.54) is 26.6 Å². The molecule has 16 heavy (non-hydrogen) atoms. The molecule has 0 bridgehead atoms. The number of Topliss-reactive ketones (excluding diaryl/α,β-unsaturated/α-hetero) is 1. The molecule has 1 rings (SSSR count). The molecule has 0 aliphatic rings. The topological polar surface area (TPSA) is 85.7 Å². The molecule has 0 unspecified atom stereocenters. The van der Waals surface area contributed by atoms with E-state index in [4.69, 9.17) is 14.6 Å². The summed E-state index contributed by atoms with van der Waals surface area (Å²) in [6.07, 6.45) is 2.50. The van der Waals surface area contributed by atoms with Gasteiger partial charge in [0.1, 0.15) is 11.5 Å². The van der Waals surface area contributed by atoms with Gasteiger partial charge in [0.05, 0.1) is 33.0 Å². The van der Waals surface area contributed by atoms with Crippen LogP contribution in [0.25, 0.3) is 0 Å². The van der Waals surface area contributed by atoms with E-state index in [9.17, 15) is 9.59 Å². The third-order valence-corrected chi connectivity index (χ3v) is 1.99. The molecule has 0 aliphatic carbocycles. The second-order valence-corrected chi connectivity index (χ2v) is 2.93. The fourth-order valence-electron chi connectivity index (χ4n) is 1.21. The molecular formula is C10H11NO5. The Morgan fingerprint density at radius 1 is 1.25 bits per heavy atom. The molecule has 0 fully saturated rings. The highest BCUT2D eigenvalue weighted by Crippen LogP contribution is 2.27. The normalized spacial score (nSPS) is 9.62.